The molecule has 7 fully saturated rings. The molecule has 312 valence electrons. The van der Waals surface area contributed by atoms with E-state index < -0.39 is 55.4 Å². The number of carbonyl (C=O) groups excluding carboxylic acids is 3. The summed E-state index contributed by atoms with van der Waals surface area (Å²) in [4.78, 5) is 40.6. The minimum absolute atomic E-state index is 0.0147. The van der Waals surface area contributed by atoms with Crippen LogP contribution < -0.4 is 0 Å². The van der Waals surface area contributed by atoms with Crippen molar-refractivity contribution in [2.45, 2.75) is 165 Å². The monoisotopic (exact) mass is 800 g/mol. The number of alkyl halides is 2. The molecule has 11 nitrogen and oxygen atoms in total. The van der Waals surface area contributed by atoms with Crippen LogP contribution in [0.4, 0.5) is 8.78 Å². The van der Waals surface area contributed by atoms with Gasteiger partial charge >= 0.3 is 33.3 Å². The smallest absolute Gasteiger partial charge is 0.465 e. The van der Waals surface area contributed by atoms with Gasteiger partial charge in [0.25, 0.3) is 0 Å². The maximum atomic E-state index is 14.3. The first-order valence-corrected chi connectivity index (χ1v) is 22.5. The van der Waals surface area contributed by atoms with Crippen molar-refractivity contribution < 1.29 is 60.6 Å². The molecule has 0 heterocycles. The molecule has 7 aliphatic carbocycles. The third-order valence-electron chi connectivity index (χ3n) is 15.5. The summed E-state index contributed by atoms with van der Waals surface area (Å²) in [6.45, 7) is 4.43. The summed E-state index contributed by atoms with van der Waals surface area (Å²) >= 11 is 0. The van der Waals surface area contributed by atoms with Crippen LogP contribution in [0.1, 0.15) is 142 Å². The predicted octanol–water partition coefficient (Wildman–Crippen LogP) is 6.77. The van der Waals surface area contributed by atoms with E-state index in [0.717, 1.165) is 25.7 Å². The van der Waals surface area contributed by atoms with E-state index in [0.29, 0.717) is 115 Å². The molecule has 14 heteroatoms. The van der Waals surface area contributed by atoms with E-state index in [1.807, 2.05) is 0 Å². The lowest BCUT2D eigenvalue weighted by Crippen LogP contribution is -2.52. The molecule has 0 aliphatic heterocycles. The number of fused-ring (bicyclic) bond motifs is 6. The molecule has 0 amide bonds. The number of halogens is 2. The summed E-state index contributed by atoms with van der Waals surface area (Å²) in [7, 11) is -5.99. The second-order valence-electron chi connectivity index (χ2n) is 20.2. The van der Waals surface area contributed by atoms with Crippen molar-refractivity contribution in [1.29, 1.82) is 0 Å². The predicted molar refractivity (Wildman–Crippen MR) is 195 cm³/mol. The first kappa shape index (κ1) is 41.3. The Hall–Kier alpha value is -1.90. The van der Waals surface area contributed by atoms with E-state index in [4.69, 9.17) is 18.8 Å². The highest BCUT2D eigenvalue weighted by Crippen LogP contribution is 2.56. The van der Waals surface area contributed by atoms with Crippen molar-refractivity contribution in [2.24, 2.45) is 57.7 Å². The number of aliphatic hydroxyl groups excluding tert-OH is 2. The average Bonchev–Trinajstić information content (AvgIpc) is 3.07. The topological polar surface area (TPSA) is 174 Å². The Labute approximate surface area is 324 Å². The number of rotatable bonds is 10. The van der Waals surface area contributed by atoms with Crippen LogP contribution in [0.15, 0.2) is 0 Å². The molecular formula is C41H62F2O11S. The van der Waals surface area contributed by atoms with Crippen LogP contribution in [-0.4, -0.2) is 77.4 Å². The first-order chi connectivity index (χ1) is 25.7. The van der Waals surface area contributed by atoms with Gasteiger partial charge < -0.3 is 24.4 Å². The summed E-state index contributed by atoms with van der Waals surface area (Å²) in [5.74, 6) is -1.34. The third kappa shape index (κ3) is 8.36. The molecule has 7 rings (SSSR count). The molecule has 0 radical (unpaired) electrons. The average molecular weight is 801 g/mol. The van der Waals surface area contributed by atoms with Gasteiger partial charge in [0, 0.05) is 5.41 Å². The molecule has 0 saturated heterocycles. The molecule has 0 spiro atoms. The Bertz CT molecular complexity index is 1480. The number of aliphatic hydroxyl groups is 2. The first-order valence-electron chi connectivity index (χ1n) is 21.0. The van der Waals surface area contributed by atoms with Gasteiger partial charge in [-0.05, 0) is 163 Å². The van der Waals surface area contributed by atoms with Crippen LogP contribution in [0.2, 0.25) is 0 Å². The molecule has 7 saturated carbocycles. The Morgan fingerprint density at radius 2 is 1.20 bits per heavy atom. The minimum atomic E-state index is -5.99. The Kier molecular flexibility index (Phi) is 11.3. The number of esters is 3. The van der Waals surface area contributed by atoms with Crippen LogP contribution in [0.5, 0.6) is 0 Å². The molecule has 0 aromatic carbocycles. The van der Waals surface area contributed by atoms with Gasteiger partial charge in [0.05, 0.1) is 23.0 Å². The highest BCUT2D eigenvalue weighted by atomic mass is 32.2. The molecule has 0 aromatic heterocycles. The fourth-order valence-corrected chi connectivity index (χ4v) is 13.8. The van der Waals surface area contributed by atoms with Crippen molar-refractivity contribution >= 4 is 28.0 Å². The highest BCUT2D eigenvalue weighted by Gasteiger charge is 2.59. The van der Waals surface area contributed by atoms with Crippen molar-refractivity contribution in [3.63, 3.8) is 0 Å². The second-order valence-corrected chi connectivity index (χ2v) is 21.7. The van der Waals surface area contributed by atoms with Crippen LogP contribution >= 0.6 is 0 Å². The lowest BCUT2D eigenvalue weighted by atomic mass is 9.58. The third-order valence-corrected chi connectivity index (χ3v) is 16.3. The second kappa shape index (κ2) is 15.0. The van der Waals surface area contributed by atoms with E-state index in [-0.39, 0.29) is 54.7 Å². The van der Waals surface area contributed by atoms with Crippen molar-refractivity contribution in [1.82, 2.24) is 0 Å². The van der Waals surface area contributed by atoms with Gasteiger partial charge in [-0.25, -0.2) is 4.79 Å². The maximum absolute atomic E-state index is 14.3. The zero-order valence-corrected chi connectivity index (χ0v) is 33.3. The minimum Gasteiger partial charge on any atom is -0.465 e. The Morgan fingerprint density at radius 1 is 0.673 bits per heavy atom. The zero-order valence-electron chi connectivity index (χ0n) is 32.5. The zero-order chi connectivity index (χ0) is 39.6. The summed E-state index contributed by atoms with van der Waals surface area (Å²) in [6, 6.07) is 0. The molecule has 11 unspecified atom stereocenters. The van der Waals surface area contributed by atoms with E-state index >= 15 is 0 Å². The number of carbonyl (C=O) groups is 3. The lowest BCUT2D eigenvalue weighted by molar-refractivity contribution is -0.192. The van der Waals surface area contributed by atoms with E-state index in [1.54, 1.807) is 0 Å². The Balaban J connectivity index is 1.07. The Morgan fingerprint density at radius 3 is 1.71 bits per heavy atom. The summed E-state index contributed by atoms with van der Waals surface area (Å²) in [5.41, 5.74) is -3.38. The SMILES string of the molecule is CC1CC2CC(O)CC(C(=O)OCC3(COC(=O)C45CC(C)CC(CC(O)C4)C5)CCC(C4CC5CCCC(OC(=O)C(F)(F)S(=O)(=O)O)(C5)C4)CC3)(C1)C2. The molecular weight excluding hydrogens is 739 g/mol. The standard InChI is InChI=1S/C41H62F2O11S/c1-25-10-28-13-32(44)21-38(15-25,17-28)34(46)52-23-37(24-53-35(47)39-16-26(2)11-29(18-39)14-33(45)22-39)8-5-30(6-9-37)31-12-27-4-3-7-40(19-27,20-31)54-36(48)41(42,43)55(49,50)51/h25-33,44-45H,3-24H2,1-2H3,(H,49,50,51). The largest absolute Gasteiger partial charge is 0.465 e. The van der Waals surface area contributed by atoms with Crippen molar-refractivity contribution in [3.8, 4) is 0 Å². The van der Waals surface area contributed by atoms with Gasteiger partial charge in [-0.15, -0.1) is 0 Å². The van der Waals surface area contributed by atoms with Gasteiger partial charge in [-0.1, -0.05) is 20.3 Å². The summed E-state index contributed by atoms with van der Waals surface area (Å²) in [6.07, 6.45) is 11.6. The lowest BCUT2D eigenvalue weighted by Gasteiger charge is -2.51. The van der Waals surface area contributed by atoms with Gasteiger partial charge in [0.2, 0.25) is 0 Å². The fourth-order valence-electron chi connectivity index (χ4n) is 13.6. The van der Waals surface area contributed by atoms with Gasteiger partial charge in [-0.3, -0.25) is 14.1 Å². The van der Waals surface area contributed by atoms with Gasteiger partial charge in [0.15, 0.2) is 0 Å². The normalized spacial score (nSPS) is 44.5. The molecule has 55 heavy (non-hydrogen) atoms. The van der Waals surface area contributed by atoms with Crippen molar-refractivity contribution in [2.75, 3.05) is 13.2 Å². The van der Waals surface area contributed by atoms with E-state index in [1.165, 1.54) is 0 Å². The molecule has 11 atom stereocenters. The summed E-state index contributed by atoms with van der Waals surface area (Å²) < 4.78 is 78.3. The van der Waals surface area contributed by atoms with Crippen LogP contribution in [-0.2, 0) is 38.7 Å². The van der Waals surface area contributed by atoms with Crippen molar-refractivity contribution in [3.05, 3.63) is 0 Å². The number of hydrogen-bond acceptors (Lipinski definition) is 10. The molecule has 7 aliphatic rings. The summed E-state index contributed by atoms with van der Waals surface area (Å²) in [5, 5.41) is 16.4. The maximum Gasteiger partial charge on any atom is 0.465 e. The van der Waals surface area contributed by atoms with Crippen LogP contribution in [0.25, 0.3) is 0 Å². The number of hydrogen-bond donors (Lipinski definition) is 3. The van der Waals surface area contributed by atoms with E-state index in [2.05, 4.69) is 13.8 Å². The number of ether oxygens (including phenoxy) is 3. The van der Waals surface area contributed by atoms with E-state index in [9.17, 15) is 41.8 Å². The molecule has 6 bridgehead atoms. The highest BCUT2D eigenvalue weighted by molar-refractivity contribution is 7.87. The van der Waals surface area contributed by atoms with Gasteiger partial charge in [0.1, 0.15) is 18.8 Å². The van der Waals surface area contributed by atoms with Gasteiger partial charge in [-0.2, -0.15) is 17.2 Å². The quantitative estimate of drug-likeness (QED) is 0.121. The van der Waals surface area contributed by atoms with Crippen LogP contribution in [0, 0.1) is 57.7 Å². The molecule has 3 N–H and O–H groups in total. The van der Waals surface area contributed by atoms with Crippen LogP contribution in [0.3, 0.4) is 0 Å². The molecule has 0 aromatic rings. The fraction of sp³-hybridized carbons (Fsp3) is 0.927.